The summed E-state index contributed by atoms with van der Waals surface area (Å²) in [5.74, 6) is 0.696. The van der Waals surface area contributed by atoms with E-state index in [0.717, 1.165) is 28.5 Å². The lowest BCUT2D eigenvalue weighted by molar-refractivity contribution is 0.729. The van der Waals surface area contributed by atoms with Crippen LogP contribution in [0.3, 0.4) is 0 Å². The molecule has 0 radical (unpaired) electrons. The molecule has 0 aliphatic rings. The predicted octanol–water partition coefficient (Wildman–Crippen LogP) is 3.40. The molecule has 0 bridgehead atoms. The second-order valence-electron chi connectivity index (χ2n) is 5.89. The molecule has 122 valence electrons. The maximum Gasteiger partial charge on any atom is 0.226 e. The summed E-state index contributed by atoms with van der Waals surface area (Å²) in [7, 11) is 0. The Hall–Kier alpha value is -2.82. The first-order valence-corrected chi connectivity index (χ1v) is 8.00. The van der Waals surface area contributed by atoms with Crippen LogP contribution in [0.25, 0.3) is 0 Å². The number of hydrogen-bond acceptors (Lipinski definition) is 5. The number of aryl methyl sites for hydroxylation is 3. The highest BCUT2D eigenvalue weighted by molar-refractivity contribution is 5.33. The van der Waals surface area contributed by atoms with Crippen LogP contribution in [0.1, 0.15) is 28.5 Å². The molecule has 3 aromatic heterocycles. The Kier molecular flexibility index (Phi) is 4.79. The molecular weight excluding hydrogens is 298 g/mol. The Morgan fingerprint density at radius 2 is 1.25 bits per heavy atom. The molecule has 0 saturated carbocycles. The number of hydrogen-bond donors (Lipinski definition) is 0. The van der Waals surface area contributed by atoms with E-state index in [4.69, 9.17) is 0 Å². The quantitative estimate of drug-likeness (QED) is 0.721. The highest BCUT2D eigenvalue weighted by Crippen LogP contribution is 2.15. The minimum absolute atomic E-state index is 0.640. The molecule has 0 aliphatic heterocycles. The average Bonchev–Trinajstić information content (AvgIpc) is 2.54. The minimum atomic E-state index is 0.640. The Balaban J connectivity index is 1.91. The van der Waals surface area contributed by atoms with Gasteiger partial charge in [-0.1, -0.05) is 12.1 Å². The molecule has 0 N–H and O–H groups in total. The van der Waals surface area contributed by atoms with Crippen molar-refractivity contribution in [1.82, 2.24) is 19.9 Å². The van der Waals surface area contributed by atoms with Gasteiger partial charge in [0.1, 0.15) is 0 Å². The van der Waals surface area contributed by atoms with Crippen LogP contribution in [0.2, 0.25) is 0 Å². The minimum Gasteiger partial charge on any atom is -0.329 e. The maximum atomic E-state index is 4.60. The molecule has 0 aromatic carbocycles. The summed E-state index contributed by atoms with van der Waals surface area (Å²) in [6.07, 6.45) is 1.79. The van der Waals surface area contributed by atoms with Crippen molar-refractivity contribution in [2.24, 2.45) is 0 Å². The van der Waals surface area contributed by atoms with Gasteiger partial charge in [0.05, 0.1) is 24.5 Å². The van der Waals surface area contributed by atoms with E-state index in [1.165, 1.54) is 0 Å². The summed E-state index contributed by atoms with van der Waals surface area (Å²) in [5, 5.41) is 0. The van der Waals surface area contributed by atoms with Crippen molar-refractivity contribution in [3.8, 4) is 0 Å². The van der Waals surface area contributed by atoms with Crippen molar-refractivity contribution in [3.05, 3.63) is 77.1 Å². The van der Waals surface area contributed by atoms with E-state index in [1.54, 1.807) is 6.20 Å². The first-order chi connectivity index (χ1) is 11.6. The van der Waals surface area contributed by atoms with Gasteiger partial charge in [-0.2, -0.15) is 0 Å². The average molecular weight is 319 g/mol. The third kappa shape index (κ3) is 4.13. The molecular formula is C19H21N5. The van der Waals surface area contributed by atoms with Gasteiger partial charge in [0.15, 0.2) is 0 Å². The molecule has 5 heteroatoms. The summed E-state index contributed by atoms with van der Waals surface area (Å²) < 4.78 is 0. The monoisotopic (exact) mass is 319 g/mol. The SMILES string of the molecule is Cc1cccc(CN(Cc2cccc(C)n2)c2nccc(C)n2)n1. The third-order valence-electron chi connectivity index (χ3n) is 3.66. The zero-order valence-corrected chi connectivity index (χ0v) is 14.3. The highest BCUT2D eigenvalue weighted by atomic mass is 15.3. The van der Waals surface area contributed by atoms with Gasteiger partial charge in [-0.05, 0) is 51.1 Å². The van der Waals surface area contributed by atoms with Crippen molar-refractivity contribution in [2.75, 3.05) is 4.90 Å². The maximum absolute atomic E-state index is 4.60. The Morgan fingerprint density at radius 1 is 0.708 bits per heavy atom. The fraction of sp³-hybridized carbons (Fsp3) is 0.263. The summed E-state index contributed by atoms with van der Waals surface area (Å²) in [6, 6.07) is 14.0. The van der Waals surface area contributed by atoms with Crippen LogP contribution in [0.15, 0.2) is 48.7 Å². The molecule has 0 amide bonds. The first-order valence-electron chi connectivity index (χ1n) is 8.00. The normalized spacial score (nSPS) is 10.6. The topological polar surface area (TPSA) is 54.8 Å². The van der Waals surface area contributed by atoms with Crippen LogP contribution in [-0.4, -0.2) is 19.9 Å². The lowest BCUT2D eigenvalue weighted by atomic mass is 10.2. The molecule has 5 nitrogen and oxygen atoms in total. The summed E-state index contributed by atoms with van der Waals surface area (Å²) in [4.78, 5) is 20.3. The fourth-order valence-corrected chi connectivity index (χ4v) is 2.55. The number of aromatic nitrogens is 4. The van der Waals surface area contributed by atoms with Crippen LogP contribution < -0.4 is 4.90 Å². The van der Waals surface area contributed by atoms with Crippen molar-refractivity contribution in [3.63, 3.8) is 0 Å². The van der Waals surface area contributed by atoms with Crippen molar-refractivity contribution >= 4 is 5.95 Å². The Morgan fingerprint density at radius 3 is 1.75 bits per heavy atom. The van der Waals surface area contributed by atoms with E-state index in [9.17, 15) is 0 Å². The standard InChI is InChI=1S/C19H21N5/c1-14-6-4-8-17(21-14)12-24(19-20-11-10-16(3)23-19)13-18-9-5-7-15(2)22-18/h4-11H,12-13H2,1-3H3. The second kappa shape index (κ2) is 7.17. The number of nitrogens with zero attached hydrogens (tertiary/aromatic N) is 5. The zero-order chi connectivity index (χ0) is 16.9. The Bertz CT molecular complexity index is 784. The Labute approximate surface area is 142 Å². The van der Waals surface area contributed by atoms with Crippen LogP contribution >= 0.6 is 0 Å². The third-order valence-corrected chi connectivity index (χ3v) is 3.66. The van der Waals surface area contributed by atoms with E-state index >= 15 is 0 Å². The summed E-state index contributed by atoms with van der Waals surface area (Å²) >= 11 is 0. The van der Waals surface area contributed by atoms with Crippen molar-refractivity contribution in [2.45, 2.75) is 33.9 Å². The van der Waals surface area contributed by atoms with Gasteiger partial charge in [-0.25, -0.2) is 9.97 Å². The molecule has 0 spiro atoms. The fourth-order valence-electron chi connectivity index (χ4n) is 2.55. The van der Waals surface area contributed by atoms with Crippen molar-refractivity contribution in [1.29, 1.82) is 0 Å². The number of rotatable bonds is 5. The van der Waals surface area contributed by atoms with Gasteiger partial charge >= 0.3 is 0 Å². The lowest BCUT2D eigenvalue weighted by Gasteiger charge is -2.22. The van der Waals surface area contributed by atoms with Gasteiger partial charge in [0, 0.05) is 23.3 Å². The summed E-state index contributed by atoms with van der Waals surface area (Å²) in [6.45, 7) is 7.25. The van der Waals surface area contributed by atoms with Gasteiger partial charge in [0.25, 0.3) is 0 Å². The summed E-state index contributed by atoms with van der Waals surface area (Å²) in [5.41, 5.74) is 4.94. The largest absolute Gasteiger partial charge is 0.329 e. The molecule has 0 fully saturated rings. The molecule has 0 aliphatic carbocycles. The van der Waals surface area contributed by atoms with Crippen LogP contribution in [0.5, 0.6) is 0 Å². The molecule has 3 rings (SSSR count). The highest BCUT2D eigenvalue weighted by Gasteiger charge is 2.13. The van der Waals surface area contributed by atoms with Crippen molar-refractivity contribution < 1.29 is 0 Å². The van der Waals surface area contributed by atoms with E-state index in [0.29, 0.717) is 19.0 Å². The molecule has 24 heavy (non-hydrogen) atoms. The van der Waals surface area contributed by atoms with E-state index in [1.807, 2.05) is 63.2 Å². The number of pyridine rings is 2. The smallest absolute Gasteiger partial charge is 0.226 e. The van der Waals surface area contributed by atoms with Crippen LogP contribution in [0, 0.1) is 20.8 Å². The lowest BCUT2D eigenvalue weighted by Crippen LogP contribution is -2.25. The van der Waals surface area contributed by atoms with E-state index in [2.05, 4.69) is 24.8 Å². The van der Waals surface area contributed by atoms with Gasteiger partial charge in [-0.15, -0.1) is 0 Å². The molecule has 3 aromatic rings. The second-order valence-corrected chi connectivity index (χ2v) is 5.89. The van der Waals surface area contributed by atoms with Gasteiger partial charge < -0.3 is 4.90 Å². The first kappa shape index (κ1) is 16.1. The molecule has 0 unspecified atom stereocenters. The van der Waals surface area contributed by atoms with E-state index < -0.39 is 0 Å². The van der Waals surface area contributed by atoms with Gasteiger partial charge in [0.2, 0.25) is 5.95 Å². The van der Waals surface area contributed by atoms with Crippen LogP contribution in [-0.2, 0) is 13.1 Å². The molecule has 0 saturated heterocycles. The van der Waals surface area contributed by atoms with Gasteiger partial charge in [-0.3, -0.25) is 9.97 Å². The zero-order valence-electron chi connectivity index (χ0n) is 14.3. The van der Waals surface area contributed by atoms with E-state index in [-0.39, 0.29) is 0 Å². The molecule has 0 atom stereocenters. The number of anilines is 1. The van der Waals surface area contributed by atoms with Crippen LogP contribution in [0.4, 0.5) is 5.95 Å². The molecule has 3 heterocycles. The predicted molar refractivity (Wildman–Crippen MR) is 94.6 cm³/mol.